The molecular formula is C20H27BrN2O4. The van der Waals surface area contributed by atoms with Crippen LogP contribution in [-0.2, 0) is 9.53 Å². The zero-order chi connectivity index (χ0) is 20.4. The molecule has 148 valence electrons. The van der Waals surface area contributed by atoms with Crippen LogP contribution in [0.3, 0.4) is 0 Å². The number of para-hydroxylation sites is 1. The Morgan fingerprint density at radius 2 is 1.96 bits per heavy atom. The molecule has 0 spiro atoms. The number of halogens is 1. The molecule has 0 amide bonds. The highest BCUT2D eigenvalue weighted by Crippen LogP contribution is 2.35. The van der Waals surface area contributed by atoms with Gasteiger partial charge >= 0.3 is 5.97 Å². The van der Waals surface area contributed by atoms with Crippen molar-refractivity contribution in [3.8, 4) is 0 Å². The molecule has 27 heavy (non-hydrogen) atoms. The zero-order valence-electron chi connectivity index (χ0n) is 16.7. The summed E-state index contributed by atoms with van der Waals surface area (Å²) >= 11 is 3.50. The molecule has 0 saturated heterocycles. The van der Waals surface area contributed by atoms with E-state index in [2.05, 4.69) is 15.9 Å². The zero-order valence-corrected chi connectivity index (χ0v) is 18.3. The molecule has 0 bridgehead atoms. The van der Waals surface area contributed by atoms with E-state index in [9.17, 15) is 9.59 Å². The van der Waals surface area contributed by atoms with E-state index in [1.165, 1.54) is 11.8 Å². The number of esters is 1. The maximum atomic E-state index is 13.5. The molecule has 1 heterocycles. The first kappa shape index (κ1) is 21.4. The van der Waals surface area contributed by atoms with Crippen molar-refractivity contribution in [2.75, 3.05) is 34.4 Å². The molecule has 1 atom stereocenters. The lowest BCUT2D eigenvalue weighted by Crippen LogP contribution is -2.44. The number of rotatable bonds is 8. The van der Waals surface area contributed by atoms with E-state index >= 15 is 0 Å². The predicted octanol–water partition coefficient (Wildman–Crippen LogP) is 3.41. The third-order valence-corrected chi connectivity index (χ3v) is 5.14. The maximum Gasteiger partial charge on any atom is 0.317 e. The van der Waals surface area contributed by atoms with Crippen LogP contribution in [0.2, 0.25) is 0 Å². The van der Waals surface area contributed by atoms with Gasteiger partial charge in [0.15, 0.2) is 5.78 Å². The van der Waals surface area contributed by atoms with Gasteiger partial charge in [-0.1, -0.05) is 26.0 Å². The van der Waals surface area contributed by atoms with Gasteiger partial charge in [-0.3, -0.25) is 9.59 Å². The van der Waals surface area contributed by atoms with Crippen LogP contribution in [0.5, 0.6) is 0 Å². The molecule has 0 aliphatic rings. The summed E-state index contributed by atoms with van der Waals surface area (Å²) in [5.74, 6) is -1.68. The third-order valence-electron chi connectivity index (χ3n) is 4.50. The molecule has 0 saturated carbocycles. The number of ether oxygens (including phenoxy) is 1. The van der Waals surface area contributed by atoms with Gasteiger partial charge in [-0.25, -0.2) is 0 Å². The monoisotopic (exact) mass is 438 g/mol. The van der Waals surface area contributed by atoms with Gasteiger partial charge in [0, 0.05) is 22.0 Å². The van der Waals surface area contributed by atoms with Crippen molar-refractivity contribution in [1.29, 1.82) is 0 Å². The van der Waals surface area contributed by atoms with Crippen LogP contribution < -0.4 is 4.84 Å². The lowest BCUT2D eigenvalue weighted by molar-refractivity contribution is -0.150. The first-order chi connectivity index (χ1) is 12.6. The van der Waals surface area contributed by atoms with Crippen LogP contribution in [0, 0.1) is 11.3 Å². The predicted molar refractivity (Wildman–Crippen MR) is 109 cm³/mol. The fourth-order valence-corrected chi connectivity index (χ4v) is 4.16. The quantitative estimate of drug-likeness (QED) is 0.359. The SMILES string of the molecule is CCOC(=O)C(C(=O)c1cn(OC)c2c(Br)cccc12)C(C)(C)CN(C)C. The fraction of sp³-hybridized carbons (Fsp3) is 0.500. The van der Waals surface area contributed by atoms with Crippen molar-refractivity contribution >= 4 is 38.6 Å². The van der Waals surface area contributed by atoms with Gasteiger partial charge in [0.1, 0.15) is 18.5 Å². The second-order valence-electron chi connectivity index (χ2n) is 7.46. The smallest absolute Gasteiger partial charge is 0.317 e. The number of Topliss-reactive ketones (excluding diaryl/α,β-unsaturated/α-hetero) is 1. The summed E-state index contributed by atoms with van der Waals surface area (Å²) in [5.41, 5.74) is 0.578. The lowest BCUT2D eigenvalue weighted by atomic mass is 9.74. The maximum absolute atomic E-state index is 13.5. The Bertz CT molecular complexity index is 842. The summed E-state index contributed by atoms with van der Waals surface area (Å²) in [7, 11) is 5.37. The molecule has 1 aromatic carbocycles. The normalized spacial score (nSPS) is 13.0. The molecule has 0 fully saturated rings. The largest absolute Gasteiger partial charge is 0.465 e. The summed E-state index contributed by atoms with van der Waals surface area (Å²) in [6.07, 6.45) is 1.63. The van der Waals surface area contributed by atoms with Crippen LogP contribution in [0.1, 0.15) is 31.1 Å². The molecule has 7 heteroatoms. The summed E-state index contributed by atoms with van der Waals surface area (Å²) in [6.45, 7) is 6.36. The number of aromatic nitrogens is 1. The molecule has 0 radical (unpaired) electrons. The summed E-state index contributed by atoms with van der Waals surface area (Å²) in [5, 5.41) is 0.728. The van der Waals surface area contributed by atoms with Crippen molar-refractivity contribution in [1.82, 2.24) is 9.63 Å². The van der Waals surface area contributed by atoms with Crippen LogP contribution >= 0.6 is 15.9 Å². The standard InChI is InChI=1S/C20H27BrN2O4/c1-7-27-19(25)16(20(2,3)12-22(4)5)18(24)14-11-23(26-6)17-13(14)9-8-10-15(17)21/h8-11,16H,7,12H2,1-6H3. The van der Waals surface area contributed by atoms with E-state index in [0.29, 0.717) is 12.1 Å². The molecule has 1 aromatic heterocycles. The molecule has 2 rings (SSSR count). The fourth-order valence-electron chi connectivity index (χ4n) is 3.62. The lowest BCUT2D eigenvalue weighted by Gasteiger charge is -2.34. The Balaban J connectivity index is 2.61. The second-order valence-corrected chi connectivity index (χ2v) is 8.32. The second kappa shape index (κ2) is 8.44. The Kier molecular flexibility index (Phi) is 6.70. The van der Waals surface area contributed by atoms with E-state index < -0.39 is 17.3 Å². The van der Waals surface area contributed by atoms with Crippen molar-refractivity contribution in [3.63, 3.8) is 0 Å². The average molecular weight is 439 g/mol. The van der Waals surface area contributed by atoms with Gasteiger partial charge in [0.25, 0.3) is 0 Å². The third kappa shape index (κ3) is 4.35. The van der Waals surface area contributed by atoms with Crippen LogP contribution in [-0.4, -0.2) is 55.7 Å². The molecule has 6 nitrogen and oxygen atoms in total. The minimum atomic E-state index is -0.922. The molecule has 0 aliphatic carbocycles. The molecule has 2 aromatic rings. The summed E-state index contributed by atoms with van der Waals surface area (Å²) in [4.78, 5) is 33.7. The van der Waals surface area contributed by atoms with Gasteiger partial charge in [-0.2, -0.15) is 4.73 Å². The highest BCUT2D eigenvalue weighted by molar-refractivity contribution is 9.10. The van der Waals surface area contributed by atoms with Gasteiger partial charge in [0.2, 0.25) is 0 Å². The van der Waals surface area contributed by atoms with E-state index in [-0.39, 0.29) is 12.4 Å². The van der Waals surface area contributed by atoms with E-state index in [4.69, 9.17) is 9.57 Å². The Hall–Kier alpha value is -1.86. The molecule has 0 aliphatic heterocycles. The summed E-state index contributed by atoms with van der Waals surface area (Å²) in [6, 6.07) is 5.59. The van der Waals surface area contributed by atoms with Crippen molar-refractivity contribution in [2.24, 2.45) is 11.3 Å². The van der Waals surface area contributed by atoms with Crippen LogP contribution in [0.4, 0.5) is 0 Å². The number of ketones is 1. The number of hydrogen-bond donors (Lipinski definition) is 0. The summed E-state index contributed by atoms with van der Waals surface area (Å²) < 4.78 is 7.60. The van der Waals surface area contributed by atoms with Crippen molar-refractivity contribution in [3.05, 3.63) is 34.4 Å². The van der Waals surface area contributed by atoms with E-state index in [1.54, 1.807) is 13.1 Å². The van der Waals surface area contributed by atoms with Crippen LogP contribution in [0.15, 0.2) is 28.9 Å². The minimum Gasteiger partial charge on any atom is -0.465 e. The minimum absolute atomic E-state index is 0.228. The highest BCUT2D eigenvalue weighted by atomic mass is 79.9. The number of benzene rings is 1. The van der Waals surface area contributed by atoms with Crippen molar-refractivity contribution < 1.29 is 19.2 Å². The number of hydrogen-bond acceptors (Lipinski definition) is 5. The molecule has 0 N–H and O–H groups in total. The van der Waals surface area contributed by atoms with Gasteiger partial charge in [0.05, 0.1) is 12.8 Å². The number of carbonyl (C=O) groups excluding carboxylic acids is 2. The van der Waals surface area contributed by atoms with Gasteiger partial charge in [-0.15, -0.1) is 0 Å². The average Bonchev–Trinajstić information content (AvgIpc) is 2.93. The first-order valence-corrected chi connectivity index (χ1v) is 9.63. The Morgan fingerprint density at radius 1 is 1.30 bits per heavy atom. The Labute approximate surface area is 168 Å². The number of carbonyl (C=O) groups is 2. The van der Waals surface area contributed by atoms with Crippen molar-refractivity contribution in [2.45, 2.75) is 20.8 Å². The van der Waals surface area contributed by atoms with Gasteiger partial charge in [-0.05, 0) is 48.4 Å². The molecule has 1 unspecified atom stereocenters. The number of fused-ring (bicyclic) bond motifs is 1. The van der Waals surface area contributed by atoms with Gasteiger partial charge < -0.3 is 14.5 Å². The Morgan fingerprint density at radius 3 is 2.52 bits per heavy atom. The van der Waals surface area contributed by atoms with E-state index in [1.807, 2.05) is 51.0 Å². The van der Waals surface area contributed by atoms with Crippen LogP contribution in [0.25, 0.3) is 10.9 Å². The van der Waals surface area contributed by atoms with E-state index in [0.717, 1.165) is 15.4 Å². The number of nitrogens with zero attached hydrogens (tertiary/aromatic N) is 2. The topological polar surface area (TPSA) is 60.8 Å². The first-order valence-electron chi connectivity index (χ1n) is 8.83. The highest BCUT2D eigenvalue weighted by Gasteiger charge is 2.43. The molecular weight excluding hydrogens is 412 g/mol.